The van der Waals surface area contributed by atoms with Gasteiger partial charge in [-0.2, -0.15) is 0 Å². The van der Waals surface area contributed by atoms with Crippen LogP contribution in [0.2, 0.25) is 5.02 Å². The molecule has 2 amide bonds. The number of rotatable bonds is 7. The van der Waals surface area contributed by atoms with E-state index in [4.69, 9.17) is 21.1 Å². The van der Waals surface area contributed by atoms with Gasteiger partial charge in [-0.25, -0.2) is 17.2 Å². The molecule has 2 bridgehead atoms. The van der Waals surface area contributed by atoms with Gasteiger partial charge in [-0.15, -0.1) is 0 Å². The van der Waals surface area contributed by atoms with Crippen molar-refractivity contribution in [2.24, 2.45) is 11.8 Å². The molecule has 2 aromatic rings. The summed E-state index contributed by atoms with van der Waals surface area (Å²) in [5, 5.41) is 12.2. The van der Waals surface area contributed by atoms with E-state index in [-0.39, 0.29) is 49.7 Å². The Labute approximate surface area is 327 Å². The van der Waals surface area contributed by atoms with Crippen molar-refractivity contribution in [3.8, 4) is 5.75 Å². The molecule has 3 heterocycles. The van der Waals surface area contributed by atoms with Crippen molar-refractivity contribution in [3.63, 3.8) is 0 Å². The lowest BCUT2D eigenvalue weighted by atomic mass is 9.70. The smallest absolute Gasteiger partial charge is 0.272 e. The second kappa shape index (κ2) is 16.3. The lowest BCUT2D eigenvalue weighted by Gasteiger charge is -2.44. The molecule has 0 spiro atoms. The van der Waals surface area contributed by atoms with Gasteiger partial charge < -0.3 is 24.4 Å². The summed E-state index contributed by atoms with van der Waals surface area (Å²) >= 11 is 6.38. The Kier molecular flexibility index (Phi) is 11.8. The number of alkyl halides is 2. The average molecular weight is 805 g/mol. The molecule has 300 valence electrons. The second-order valence-electron chi connectivity index (χ2n) is 15.9. The van der Waals surface area contributed by atoms with Gasteiger partial charge in [-0.05, 0) is 104 Å². The summed E-state index contributed by atoms with van der Waals surface area (Å²) in [5.41, 5.74) is 0.292. The van der Waals surface area contributed by atoms with E-state index in [1.807, 2.05) is 30.4 Å². The van der Waals surface area contributed by atoms with Gasteiger partial charge in [0, 0.05) is 38.2 Å². The largest absolute Gasteiger partial charge is 0.487 e. The van der Waals surface area contributed by atoms with Crippen LogP contribution in [0.5, 0.6) is 5.75 Å². The topological polar surface area (TPSA) is 129 Å². The van der Waals surface area contributed by atoms with Crippen LogP contribution in [0, 0.1) is 11.8 Å². The van der Waals surface area contributed by atoms with Crippen molar-refractivity contribution in [3.05, 3.63) is 70.3 Å². The van der Waals surface area contributed by atoms with Gasteiger partial charge in [0.15, 0.2) is 5.60 Å². The molecule has 2 saturated carbocycles. The molecular formula is C40H51ClF2N4O7S. The number of benzene rings is 2. The standard InChI is InChI=1S/C40H51ClF2N4O7S/c1-45-16-4-3-7-35(53-19-18-46-25-39(42,43)26-46)33-14-9-28(33)23-47-17-5-2-6-27-20-31(41)11-8-29(27)24-54-36-15-10-30(21-34(36)47)40(50,22-37(45)48)38(49)44-55(51,52)32-12-13-32/h3,7-8,10-11,15,20-21,28,32-33,35,50H,2,4-6,9,12-14,16-19,22-26H2,1H3,(H,44,49)/b7-3+/t28-,33+,35-,40+/m0/s1. The van der Waals surface area contributed by atoms with Gasteiger partial charge in [-0.3, -0.25) is 19.2 Å². The summed E-state index contributed by atoms with van der Waals surface area (Å²) in [6.07, 6.45) is 8.68. The highest BCUT2D eigenvalue weighted by molar-refractivity contribution is 7.90. The number of fused-ring (bicyclic) bond motifs is 3. The highest BCUT2D eigenvalue weighted by Gasteiger charge is 2.47. The number of halogens is 3. The van der Waals surface area contributed by atoms with Crippen molar-refractivity contribution in [2.45, 2.75) is 87.3 Å². The Hall–Kier alpha value is -3.30. The molecule has 15 heteroatoms. The summed E-state index contributed by atoms with van der Waals surface area (Å²) in [4.78, 5) is 33.0. The number of ether oxygens (including phenoxy) is 2. The number of carbonyl (C=O) groups excluding carboxylic acids is 2. The fraction of sp³-hybridized carbons (Fsp3) is 0.600. The minimum atomic E-state index is -4.05. The van der Waals surface area contributed by atoms with Crippen molar-refractivity contribution in [2.75, 3.05) is 57.8 Å². The van der Waals surface area contributed by atoms with E-state index in [2.05, 4.69) is 9.62 Å². The Morgan fingerprint density at radius 1 is 1.07 bits per heavy atom. The number of hydrogen-bond donors (Lipinski definition) is 2. The van der Waals surface area contributed by atoms with Gasteiger partial charge >= 0.3 is 0 Å². The average Bonchev–Trinajstić information content (AvgIpc) is 3.97. The van der Waals surface area contributed by atoms with Crippen LogP contribution in [0.25, 0.3) is 0 Å². The normalized spacial score (nSPS) is 28.3. The minimum Gasteiger partial charge on any atom is -0.487 e. The Morgan fingerprint density at radius 3 is 2.60 bits per heavy atom. The van der Waals surface area contributed by atoms with Crippen LogP contribution in [0.1, 0.15) is 68.1 Å². The first-order valence-corrected chi connectivity index (χ1v) is 21.3. The predicted octanol–water partition coefficient (Wildman–Crippen LogP) is 5.03. The van der Waals surface area contributed by atoms with Crippen LogP contribution >= 0.6 is 11.6 Å². The Bertz CT molecular complexity index is 1890. The van der Waals surface area contributed by atoms with Crippen LogP contribution in [-0.2, 0) is 43.0 Å². The molecule has 7 rings (SSSR count). The highest BCUT2D eigenvalue weighted by Crippen LogP contribution is 2.43. The molecule has 1 saturated heterocycles. The van der Waals surface area contributed by atoms with E-state index in [1.165, 1.54) is 11.0 Å². The molecule has 2 N–H and O–H groups in total. The number of anilines is 1. The summed E-state index contributed by atoms with van der Waals surface area (Å²) in [6, 6.07) is 10.6. The van der Waals surface area contributed by atoms with Gasteiger partial charge in [0.2, 0.25) is 15.9 Å². The fourth-order valence-electron chi connectivity index (χ4n) is 8.10. The van der Waals surface area contributed by atoms with Gasteiger partial charge in [0.1, 0.15) is 12.4 Å². The summed E-state index contributed by atoms with van der Waals surface area (Å²) < 4.78 is 68.0. The number of carbonyl (C=O) groups is 2. The van der Waals surface area contributed by atoms with Crippen molar-refractivity contribution >= 4 is 39.1 Å². The SMILES string of the molecule is CN1CC/C=C/[C@H](OCCN2CC(F)(F)C2)[C@@H]2CC[C@H]2CN2CCCCc3cc(Cl)ccc3COc3ccc(cc32)[C@@](O)(C(=O)NS(=O)(=O)C2CC2)CC1=O. The molecule has 0 aromatic heterocycles. The summed E-state index contributed by atoms with van der Waals surface area (Å²) in [7, 11) is -2.47. The molecule has 5 aliphatic rings. The second-order valence-corrected chi connectivity index (χ2v) is 18.3. The molecular weight excluding hydrogens is 754 g/mol. The number of aryl methyl sites for hydroxylation is 1. The maximum Gasteiger partial charge on any atom is 0.272 e. The van der Waals surface area contributed by atoms with E-state index in [9.17, 15) is 31.9 Å². The molecule has 2 aromatic carbocycles. The third-order valence-electron chi connectivity index (χ3n) is 11.8. The van der Waals surface area contributed by atoms with Crippen LogP contribution in [0.3, 0.4) is 0 Å². The first kappa shape index (κ1) is 39.9. The van der Waals surface area contributed by atoms with Gasteiger partial charge in [0.25, 0.3) is 11.8 Å². The first-order valence-electron chi connectivity index (χ1n) is 19.4. The predicted molar refractivity (Wildman–Crippen MR) is 205 cm³/mol. The molecule has 11 nitrogen and oxygen atoms in total. The van der Waals surface area contributed by atoms with Gasteiger partial charge in [0.05, 0.1) is 43.2 Å². The monoisotopic (exact) mass is 804 g/mol. The zero-order valence-electron chi connectivity index (χ0n) is 31.2. The minimum absolute atomic E-state index is 0.0853. The third-order valence-corrected chi connectivity index (χ3v) is 13.9. The van der Waals surface area contributed by atoms with E-state index >= 15 is 0 Å². The number of sulfonamides is 1. The summed E-state index contributed by atoms with van der Waals surface area (Å²) in [5.74, 6) is -3.49. The van der Waals surface area contributed by atoms with Crippen molar-refractivity contribution in [1.82, 2.24) is 14.5 Å². The molecule has 55 heavy (non-hydrogen) atoms. The number of likely N-dealkylation sites (tertiary alicyclic amines) is 1. The number of aliphatic hydroxyl groups is 1. The third kappa shape index (κ3) is 9.30. The Morgan fingerprint density at radius 2 is 1.87 bits per heavy atom. The molecule has 0 unspecified atom stereocenters. The molecule has 2 aliphatic carbocycles. The molecule has 0 radical (unpaired) electrons. The lowest BCUT2D eigenvalue weighted by molar-refractivity contribution is -0.148. The Balaban J connectivity index is 1.24. The van der Waals surface area contributed by atoms with Gasteiger partial charge in [-0.1, -0.05) is 35.9 Å². The maximum atomic E-state index is 13.9. The van der Waals surface area contributed by atoms with Crippen LogP contribution < -0.4 is 14.4 Å². The molecule has 3 aliphatic heterocycles. The zero-order valence-corrected chi connectivity index (χ0v) is 32.8. The quantitative estimate of drug-likeness (QED) is 0.371. The molecule has 4 atom stereocenters. The number of amides is 2. The van der Waals surface area contributed by atoms with Crippen molar-refractivity contribution in [1.29, 1.82) is 0 Å². The first-order chi connectivity index (χ1) is 26.2. The molecule has 3 fully saturated rings. The number of hydrogen-bond acceptors (Lipinski definition) is 9. The maximum absolute atomic E-state index is 13.9. The zero-order chi connectivity index (χ0) is 39.0. The van der Waals surface area contributed by atoms with Crippen LogP contribution in [0.15, 0.2) is 48.6 Å². The number of nitrogens with zero attached hydrogens (tertiary/aromatic N) is 3. The van der Waals surface area contributed by atoms with Crippen molar-refractivity contribution < 1.29 is 41.4 Å². The van der Waals surface area contributed by atoms with E-state index in [0.717, 1.165) is 43.2 Å². The van der Waals surface area contributed by atoms with Crippen LogP contribution in [0.4, 0.5) is 14.5 Å². The van der Waals surface area contributed by atoms with E-state index < -0.39 is 45.0 Å². The number of nitrogens with one attached hydrogen (secondary N) is 1. The summed E-state index contributed by atoms with van der Waals surface area (Å²) in [6.45, 7) is 1.97. The lowest BCUT2D eigenvalue weighted by Crippen LogP contribution is -2.57. The van der Waals surface area contributed by atoms with E-state index in [0.29, 0.717) is 62.0 Å². The fourth-order valence-corrected chi connectivity index (χ4v) is 9.65. The van der Waals surface area contributed by atoms with Crippen LogP contribution in [-0.4, -0.2) is 105 Å². The van der Waals surface area contributed by atoms with E-state index in [1.54, 1.807) is 24.1 Å². The highest BCUT2D eigenvalue weighted by atomic mass is 35.5.